The van der Waals surface area contributed by atoms with E-state index in [4.69, 9.17) is 12.2 Å². The Morgan fingerprint density at radius 1 is 1.32 bits per heavy atom. The van der Waals surface area contributed by atoms with Gasteiger partial charge in [-0.15, -0.1) is 0 Å². The zero-order chi connectivity index (χ0) is 17.4. The molecular formula is C17H18N6OS. The van der Waals surface area contributed by atoms with Crippen molar-refractivity contribution < 1.29 is 4.79 Å². The zero-order valence-electron chi connectivity index (χ0n) is 13.7. The number of anilines is 1. The number of amides is 1. The van der Waals surface area contributed by atoms with E-state index in [2.05, 4.69) is 25.7 Å². The third kappa shape index (κ3) is 3.39. The van der Waals surface area contributed by atoms with E-state index >= 15 is 0 Å². The van der Waals surface area contributed by atoms with Crippen LogP contribution in [0.2, 0.25) is 0 Å². The smallest absolute Gasteiger partial charge is 0.245 e. The van der Waals surface area contributed by atoms with Gasteiger partial charge in [-0.2, -0.15) is 10.2 Å². The van der Waals surface area contributed by atoms with Gasteiger partial charge in [0.25, 0.3) is 0 Å². The van der Waals surface area contributed by atoms with Gasteiger partial charge < -0.3 is 5.32 Å². The van der Waals surface area contributed by atoms with Crippen molar-refractivity contribution >= 4 is 23.9 Å². The number of nitrogens with one attached hydrogen (secondary N) is 3. The molecule has 1 saturated carbocycles. The summed E-state index contributed by atoms with van der Waals surface area (Å²) in [6, 6.07) is 9.81. The van der Waals surface area contributed by atoms with Crippen molar-refractivity contribution in [3.05, 3.63) is 46.4 Å². The molecule has 2 aromatic heterocycles. The van der Waals surface area contributed by atoms with Gasteiger partial charge in [0.05, 0.1) is 0 Å². The number of aryl methyl sites for hydroxylation is 1. The van der Waals surface area contributed by atoms with E-state index in [-0.39, 0.29) is 12.5 Å². The molecule has 3 aromatic rings. The number of rotatable bonds is 5. The lowest BCUT2D eigenvalue weighted by Gasteiger charge is -2.07. The molecule has 2 heterocycles. The summed E-state index contributed by atoms with van der Waals surface area (Å²) >= 11 is 5.28. The first-order chi connectivity index (χ1) is 12.1. The number of hydrogen-bond donors (Lipinski definition) is 3. The molecule has 0 aliphatic heterocycles. The van der Waals surface area contributed by atoms with Crippen LogP contribution in [0.3, 0.4) is 0 Å². The largest absolute Gasteiger partial charge is 0.308 e. The molecule has 4 rings (SSSR count). The molecule has 0 unspecified atom stereocenters. The minimum Gasteiger partial charge on any atom is -0.308 e. The maximum absolute atomic E-state index is 12.4. The van der Waals surface area contributed by atoms with Gasteiger partial charge in [-0.1, -0.05) is 23.8 Å². The van der Waals surface area contributed by atoms with Gasteiger partial charge >= 0.3 is 0 Å². The zero-order valence-corrected chi connectivity index (χ0v) is 14.6. The highest BCUT2D eigenvalue weighted by Gasteiger charge is 2.25. The van der Waals surface area contributed by atoms with Gasteiger partial charge in [-0.25, -0.2) is 0 Å². The summed E-state index contributed by atoms with van der Waals surface area (Å²) in [7, 11) is 0. The quantitative estimate of drug-likeness (QED) is 0.614. The lowest BCUT2D eigenvalue weighted by Crippen LogP contribution is -2.19. The molecule has 1 aliphatic rings. The van der Waals surface area contributed by atoms with E-state index in [1.807, 2.05) is 37.3 Å². The third-order valence-electron chi connectivity index (χ3n) is 4.22. The lowest BCUT2D eigenvalue weighted by atomic mass is 10.1. The van der Waals surface area contributed by atoms with Gasteiger partial charge in [0, 0.05) is 23.2 Å². The normalized spacial score (nSPS) is 13.8. The number of hydrogen-bond acceptors (Lipinski definition) is 4. The van der Waals surface area contributed by atoms with E-state index in [0.29, 0.717) is 22.3 Å². The molecule has 0 atom stereocenters. The number of carbonyl (C=O) groups is 1. The van der Waals surface area contributed by atoms with E-state index < -0.39 is 0 Å². The number of benzene rings is 1. The molecule has 0 bridgehead atoms. The fourth-order valence-electron chi connectivity index (χ4n) is 2.80. The Hall–Kier alpha value is -2.74. The molecule has 128 valence electrons. The maximum Gasteiger partial charge on any atom is 0.245 e. The second-order valence-corrected chi connectivity index (χ2v) is 6.73. The third-order valence-corrected chi connectivity index (χ3v) is 4.53. The molecular weight excluding hydrogens is 336 g/mol. The average molecular weight is 354 g/mol. The molecule has 0 spiro atoms. The number of H-pyrrole nitrogens is 2. The van der Waals surface area contributed by atoms with Crippen LogP contribution in [0.4, 0.5) is 5.82 Å². The molecule has 0 saturated heterocycles. The summed E-state index contributed by atoms with van der Waals surface area (Å²) in [5, 5.41) is 17.0. The first-order valence-corrected chi connectivity index (χ1v) is 8.58. The van der Waals surface area contributed by atoms with Crippen molar-refractivity contribution in [2.45, 2.75) is 32.2 Å². The SMILES string of the molecule is Cc1cccc(-c2n[nH]c(=S)n2CC(=O)Nc2cc(C3CC3)[nH]n2)c1. The van der Waals surface area contributed by atoms with Crippen molar-refractivity contribution in [3.8, 4) is 11.4 Å². The summed E-state index contributed by atoms with van der Waals surface area (Å²) in [5.74, 6) is 1.55. The fraction of sp³-hybridized carbons (Fsp3) is 0.294. The highest BCUT2D eigenvalue weighted by Crippen LogP contribution is 2.39. The Labute approximate surface area is 149 Å². The molecule has 1 aliphatic carbocycles. The Bertz CT molecular complexity index is 981. The fourth-order valence-corrected chi connectivity index (χ4v) is 3.00. The van der Waals surface area contributed by atoms with E-state index in [0.717, 1.165) is 16.8 Å². The minimum absolute atomic E-state index is 0.0736. The van der Waals surface area contributed by atoms with E-state index in [9.17, 15) is 4.79 Å². The van der Waals surface area contributed by atoms with Crippen LogP contribution >= 0.6 is 12.2 Å². The van der Waals surface area contributed by atoms with Crippen molar-refractivity contribution in [1.29, 1.82) is 0 Å². The number of carbonyl (C=O) groups excluding carboxylic acids is 1. The molecule has 3 N–H and O–H groups in total. The van der Waals surface area contributed by atoms with Crippen molar-refractivity contribution in [2.75, 3.05) is 5.32 Å². The number of nitrogens with zero attached hydrogens (tertiary/aromatic N) is 3. The Kier molecular flexibility index (Phi) is 3.96. The van der Waals surface area contributed by atoms with Crippen molar-refractivity contribution in [1.82, 2.24) is 25.0 Å². The Morgan fingerprint density at radius 2 is 2.16 bits per heavy atom. The Morgan fingerprint density at radius 3 is 2.92 bits per heavy atom. The summed E-state index contributed by atoms with van der Waals surface area (Å²) in [6.45, 7) is 2.08. The maximum atomic E-state index is 12.4. The first-order valence-electron chi connectivity index (χ1n) is 8.17. The predicted molar refractivity (Wildman–Crippen MR) is 96.8 cm³/mol. The Balaban J connectivity index is 1.52. The highest BCUT2D eigenvalue weighted by molar-refractivity contribution is 7.71. The first kappa shape index (κ1) is 15.8. The van der Waals surface area contributed by atoms with Crippen LogP contribution in [0.5, 0.6) is 0 Å². The molecule has 1 aromatic carbocycles. The minimum atomic E-state index is -0.194. The van der Waals surface area contributed by atoms with Crippen LogP contribution in [0, 0.1) is 11.7 Å². The van der Waals surface area contributed by atoms with Crippen LogP contribution in [0.1, 0.15) is 30.0 Å². The van der Waals surface area contributed by atoms with Gasteiger partial charge in [0.15, 0.2) is 16.4 Å². The predicted octanol–water partition coefficient (Wildman–Crippen LogP) is 3.16. The van der Waals surface area contributed by atoms with Gasteiger partial charge in [0.1, 0.15) is 6.54 Å². The summed E-state index contributed by atoms with van der Waals surface area (Å²) < 4.78 is 2.10. The summed E-state index contributed by atoms with van der Waals surface area (Å²) in [4.78, 5) is 12.4. The van der Waals surface area contributed by atoms with Crippen LogP contribution in [-0.2, 0) is 11.3 Å². The van der Waals surface area contributed by atoms with E-state index in [1.54, 1.807) is 4.57 Å². The van der Waals surface area contributed by atoms with Crippen molar-refractivity contribution in [3.63, 3.8) is 0 Å². The number of aromatic nitrogens is 5. The summed E-state index contributed by atoms with van der Waals surface area (Å²) in [5.41, 5.74) is 3.11. The number of aromatic amines is 2. The van der Waals surface area contributed by atoms with Gasteiger partial charge in [0.2, 0.25) is 5.91 Å². The standard InChI is InChI=1S/C17H18N6OS/c1-10-3-2-4-12(7-10)16-21-22-17(25)23(16)9-15(24)18-14-8-13(19-20-14)11-5-6-11/h2-4,7-8,11H,5-6,9H2,1H3,(H,22,25)(H2,18,19,20,24). The van der Waals surface area contributed by atoms with Crippen LogP contribution < -0.4 is 5.32 Å². The molecule has 1 amide bonds. The van der Waals surface area contributed by atoms with Gasteiger partial charge in [-0.05, 0) is 38.0 Å². The summed E-state index contributed by atoms with van der Waals surface area (Å²) in [6.07, 6.45) is 2.36. The average Bonchev–Trinajstić information content (AvgIpc) is 3.23. The van der Waals surface area contributed by atoms with Crippen LogP contribution in [0.25, 0.3) is 11.4 Å². The molecule has 7 nitrogen and oxygen atoms in total. The lowest BCUT2D eigenvalue weighted by molar-refractivity contribution is -0.116. The van der Waals surface area contributed by atoms with Crippen LogP contribution in [-0.4, -0.2) is 30.9 Å². The van der Waals surface area contributed by atoms with Crippen molar-refractivity contribution in [2.24, 2.45) is 0 Å². The topological polar surface area (TPSA) is 91.4 Å². The van der Waals surface area contributed by atoms with Gasteiger partial charge in [-0.3, -0.25) is 19.6 Å². The molecule has 8 heteroatoms. The molecule has 1 fully saturated rings. The molecule has 25 heavy (non-hydrogen) atoms. The highest BCUT2D eigenvalue weighted by atomic mass is 32.1. The second kappa shape index (κ2) is 6.29. The van der Waals surface area contributed by atoms with E-state index in [1.165, 1.54) is 12.8 Å². The second-order valence-electron chi connectivity index (χ2n) is 6.34. The molecule has 0 radical (unpaired) electrons. The monoisotopic (exact) mass is 354 g/mol. The van der Waals surface area contributed by atoms with Crippen LogP contribution in [0.15, 0.2) is 30.3 Å².